The number of ether oxygens (including phenoxy) is 2. The Labute approximate surface area is 212 Å². The predicted octanol–water partition coefficient (Wildman–Crippen LogP) is 4.32. The largest absolute Gasteiger partial charge is 0.497 e. The van der Waals surface area contributed by atoms with Crippen molar-refractivity contribution in [3.63, 3.8) is 0 Å². The first-order chi connectivity index (χ1) is 16.8. The Balaban J connectivity index is 1.41. The number of anilines is 1. The Morgan fingerprint density at radius 3 is 2.57 bits per heavy atom. The molecule has 0 aliphatic carbocycles. The number of esters is 1. The fraction of sp³-hybridized carbons (Fsp3) is 0.348. The monoisotopic (exact) mass is 537 g/mol. The molecule has 1 aliphatic rings. The third kappa shape index (κ3) is 5.92. The second-order valence-electron chi connectivity index (χ2n) is 7.94. The normalized spacial score (nSPS) is 14.9. The summed E-state index contributed by atoms with van der Waals surface area (Å²) in [6.45, 7) is 0.257. The van der Waals surface area contributed by atoms with Crippen molar-refractivity contribution in [2.24, 2.45) is 0 Å². The maximum Gasteiger partial charge on any atom is 0.338 e. The fourth-order valence-corrected chi connectivity index (χ4v) is 6.63. The van der Waals surface area contributed by atoms with Crippen LogP contribution in [-0.2, 0) is 19.6 Å². The number of nitrogens with one attached hydrogen (secondary N) is 1. The van der Waals surface area contributed by atoms with Crippen molar-refractivity contribution in [2.45, 2.75) is 30.6 Å². The fourth-order valence-electron chi connectivity index (χ4n) is 3.70. The molecule has 35 heavy (non-hydrogen) atoms. The molecule has 0 atom stereocenters. The van der Waals surface area contributed by atoms with Gasteiger partial charge in [0.1, 0.15) is 10.6 Å². The maximum absolute atomic E-state index is 13.1. The Morgan fingerprint density at radius 2 is 1.86 bits per heavy atom. The average Bonchev–Trinajstić information content (AvgIpc) is 3.03. The lowest BCUT2D eigenvalue weighted by molar-refractivity contribution is -0.119. The molecule has 0 bridgehead atoms. The molecule has 0 radical (unpaired) electrons. The molecule has 1 amide bonds. The van der Waals surface area contributed by atoms with Crippen molar-refractivity contribution in [3.8, 4) is 5.75 Å². The van der Waals surface area contributed by atoms with E-state index in [4.69, 9.17) is 21.1 Å². The van der Waals surface area contributed by atoms with Gasteiger partial charge in [-0.05, 0) is 49.2 Å². The van der Waals surface area contributed by atoms with Crippen LogP contribution in [0.5, 0.6) is 5.75 Å². The minimum Gasteiger partial charge on any atom is -0.497 e. The van der Waals surface area contributed by atoms with Crippen LogP contribution in [0.15, 0.2) is 41.3 Å². The molecule has 1 saturated heterocycles. The molecule has 2 aromatic carbocycles. The lowest BCUT2D eigenvalue weighted by Gasteiger charge is -2.21. The maximum atomic E-state index is 13.1. The highest BCUT2D eigenvalue weighted by molar-refractivity contribution is 7.89. The number of hydrogen-bond acceptors (Lipinski definition) is 8. The van der Waals surface area contributed by atoms with E-state index in [0.29, 0.717) is 29.5 Å². The van der Waals surface area contributed by atoms with E-state index in [9.17, 15) is 18.0 Å². The molecule has 0 saturated carbocycles. The number of aromatic nitrogens is 1. The van der Waals surface area contributed by atoms with Crippen molar-refractivity contribution in [1.29, 1.82) is 0 Å². The van der Waals surface area contributed by atoms with Crippen molar-refractivity contribution in [1.82, 2.24) is 9.29 Å². The summed E-state index contributed by atoms with van der Waals surface area (Å²) >= 11 is 7.44. The SMILES string of the molecule is COc1ccc2nc(NC(=O)COC(=O)c3ccc(Cl)c(S(=O)(=O)N4CCCCCC4)c3)sc2c1. The lowest BCUT2D eigenvalue weighted by atomic mass is 10.2. The zero-order chi connectivity index (χ0) is 25.0. The molecular formula is C23H24ClN3O6S2. The van der Waals surface area contributed by atoms with Gasteiger partial charge in [-0.1, -0.05) is 35.8 Å². The molecular weight excluding hydrogens is 514 g/mol. The highest BCUT2D eigenvalue weighted by Gasteiger charge is 2.28. The Morgan fingerprint density at radius 1 is 1.11 bits per heavy atom. The smallest absolute Gasteiger partial charge is 0.338 e. The first-order valence-electron chi connectivity index (χ1n) is 11.0. The van der Waals surface area contributed by atoms with Gasteiger partial charge >= 0.3 is 5.97 Å². The van der Waals surface area contributed by atoms with Crippen LogP contribution in [0.2, 0.25) is 5.02 Å². The molecule has 2 heterocycles. The molecule has 1 N–H and O–H groups in total. The van der Waals surface area contributed by atoms with Gasteiger partial charge in [0.2, 0.25) is 10.0 Å². The molecule has 12 heteroatoms. The van der Waals surface area contributed by atoms with Gasteiger partial charge in [0, 0.05) is 13.1 Å². The average molecular weight is 538 g/mol. The van der Waals surface area contributed by atoms with Gasteiger partial charge in [-0.3, -0.25) is 10.1 Å². The summed E-state index contributed by atoms with van der Waals surface area (Å²) in [7, 11) is -2.30. The van der Waals surface area contributed by atoms with E-state index >= 15 is 0 Å². The molecule has 3 aromatic rings. The summed E-state index contributed by atoms with van der Waals surface area (Å²) in [5.41, 5.74) is 0.685. The molecule has 0 spiro atoms. The zero-order valence-electron chi connectivity index (χ0n) is 19.0. The Hall–Kier alpha value is -2.73. The van der Waals surface area contributed by atoms with Gasteiger partial charge in [-0.2, -0.15) is 4.31 Å². The number of carbonyl (C=O) groups is 2. The summed E-state index contributed by atoms with van der Waals surface area (Å²) in [4.78, 5) is 29.0. The first-order valence-corrected chi connectivity index (χ1v) is 13.6. The van der Waals surface area contributed by atoms with Crippen LogP contribution in [0.25, 0.3) is 10.2 Å². The van der Waals surface area contributed by atoms with Gasteiger partial charge < -0.3 is 9.47 Å². The number of thiazole rings is 1. The van der Waals surface area contributed by atoms with E-state index in [-0.39, 0.29) is 15.5 Å². The van der Waals surface area contributed by atoms with E-state index in [2.05, 4.69) is 10.3 Å². The van der Waals surface area contributed by atoms with Crippen molar-refractivity contribution < 1.29 is 27.5 Å². The highest BCUT2D eigenvalue weighted by atomic mass is 35.5. The zero-order valence-corrected chi connectivity index (χ0v) is 21.3. The van der Waals surface area contributed by atoms with Gasteiger partial charge in [0.15, 0.2) is 11.7 Å². The van der Waals surface area contributed by atoms with Crippen molar-refractivity contribution in [2.75, 3.05) is 32.1 Å². The van der Waals surface area contributed by atoms with E-state index in [1.165, 1.54) is 33.8 Å². The summed E-state index contributed by atoms with van der Waals surface area (Å²) < 4.78 is 38.8. The van der Waals surface area contributed by atoms with E-state index in [0.717, 1.165) is 30.4 Å². The number of halogens is 1. The van der Waals surface area contributed by atoms with Gasteiger partial charge in [-0.25, -0.2) is 18.2 Å². The van der Waals surface area contributed by atoms with Crippen LogP contribution in [0, 0.1) is 0 Å². The molecule has 0 unspecified atom stereocenters. The summed E-state index contributed by atoms with van der Waals surface area (Å²) in [6, 6.07) is 9.26. The third-order valence-corrected chi connectivity index (χ3v) is 8.84. The minimum absolute atomic E-state index is 0.0114. The van der Waals surface area contributed by atoms with Crippen LogP contribution in [0.3, 0.4) is 0 Å². The number of rotatable bonds is 7. The Kier molecular flexibility index (Phi) is 7.90. The van der Waals surface area contributed by atoms with Crippen LogP contribution >= 0.6 is 22.9 Å². The van der Waals surface area contributed by atoms with Crippen LogP contribution in [-0.4, -0.2) is 56.4 Å². The second-order valence-corrected chi connectivity index (χ2v) is 11.3. The number of fused-ring (bicyclic) bond motifs is 1. The lowest BCUT2D eigenvalue weighted by Crippen LogP contribution is -2.32. The van der Waals surface area contributed by atoms with E-state index < -0.39 is 28.5 Å². The quantitative estimate of drug-likeness (QED) is 0.446. The highest BCUT2D eigenvalue weighted by Crippen LogP contribution is 2.30. The molecule has 1 fully saturated rings. The summed E-state index contributed by atoms with van der Waals surface area (Å²) in [6.07, 6.45) is 3.49. The number of benzene rings is 2. The molecule has 1 aromatic heterocycles. The van der Waals surface area contributed by atoms with E-state index in [1.54, 1.807) is 25.3 Å². The third-order valence-electron chi connectivity index (χ3n) is 5.53. The van der Waals surface area contributed by atoms with Gasteiger partial charge in [0.05, 0.1) is 27.9 Å². The van der Waals surface area contributed by atoms with Crippen LogP contribution in [0.4, 0.5) is 5.13 Å². The number of carbonyl (C=O) groups excluding carboxylic acids is 2. The molecule has 186 valence electrons. The van der Waals surface area contributed by atoms with Gasteiger partial charge in [0.25, 0.3) is 5.91 Å². The molecule has 4 rings (SSSR count). The molecule has 9 nitrogen and oxygen atoms in total. The summed E-state index contributed by atoms with van der Waals surface area (Å²) in [5, 5.41) is 2.97. The minimum atomic E-state index is -3.86. The number of methoxy groups -OCH3 is 1. The topological polar surface area (TPSA) is 115 Å². The van der Waals surface area contributed by atoms with Crippen LogP contribution < -0.4 is 10.1 Å². The number of sulfonamides is 1. The molecule has 1 aliphatic heterocycles. The number of nitrogens with zero attached hydrogens (tertiary/aromatic N) is 2. The van der Waals surface area contributed by atoms with Crippen molar-refractivity contribution >= 4 is 60.2 Å². The Bertz CT molecular complexity index is 1350. The van der Waals surface area contributed by atoms with Crippen molar-refractivity contribution in [3.05, 3.63) is 47.0 Å². The van der Waals surface area contributed by atoms with Gasteiger partial charge in [-0.15, -0.1) is 0 Å². The second kappa shape index (κ2) is 10.9. The number of amides is 1. The van der Waals surface area contributed by atoms with E-state index in [1.807, 2.05) is 0 Å². The predicted molar refractivity (Wildman–Crippen MR) is 134 cm³/mol. The van der Waals surface area contributed by atoms with Crippen LogP contribution in [0.1, 0.15) is 36.0 Å². The first kappa shape index (κ1) is 25.4. The summed E-state index contributed by atoms with van der Waals surface area (Å²) in [5.74, 6) is -0.734. The standard InChI is InChI=1S/C23H24ClN3O6S2/c1-32-16-7-9-18-19(13-16)34-23(25-18)26-21(28)14-33-22(29)15-6-8-17(24)20(12-15)35(30,31)27-10-4-2-3-5-11-27/h6-9,12-13H,2-5,10-11,14H2,1H3,(H,25,26,28). The number of hydrogen-bond donors (Lipinski definition) is 1.